The van der Waals surface area contributed by atoms with Crippen molar-refractivity contribution in [3.63, 3.8) is 0 Å². The van der Waals surface area contributed by atoms with E-state index in [1.165, 1.54) is 11.1 Å². The molecule has 1 fully saturated rings. The number of piperidine rings is 1. The smallest absolute Gasteiger partial charge is 0.323 e. The van der Waals surface area contributed by atoms with E-state index in [0.717, 1.165) is 51.9 Å². The third-order valence-corrected chi connectivity index (χ3v) is 6.06. The molecule has 1 atom stereocenters. The standard InChI is InChI=1S/C22H31BN4O2/c23-10-2-1-9-22(24,21(28)29)20-7-13-26(14-8-20)16-18-5-3-6-19(15-18)17-27-12-4-11-25-27/h3-6,11-12,15,20H,1-2,7-10,13-14,16-17,24H2,(H,28,29). The van der Waals surface area contributed by atoms with E-state index >= 15 is 0 Å². The van der Waals surface area contributed by atoms with E-state index in [2.05, 4.69) is 34.3 Å². The highest BCUT2D eigenvalue weighted by Crippen LogP contribution is 2.31. The Hall–Kier alpha value is -2.12. The quantitative estimate of drug-likeness (QED) is 0.478. The van der Waals surface area contributed by atoms with Crippen LogP contribution in [0.5, 0.6) is 0 Å². The van der Waals surface area contributed by atoms with Crippen molar-refractivity contribution in [2.45, 2.75) is 57.1 Å². The summed E-state index contributed by atoms with van der Waals surface area (Å²) in [5.41, 5.74) is 7.74. The van der Waals surface area contributed by atoms with Crippen molar-refractivity contribution in [3.8, 4) is 0 Å². The number of carboxylic acids is 1. The molecule has 3 N–H and O–H groups in total. The van der Waals surface area contributed by atoms with Crippen LogP contribution in [-0.4, -0.2) is 52.2 Å². The lowest BCUT2D eigenvalue weighted by molar-refractivity contribution is -0.147. The molecule has 1 aromatic carbocycles. The summed E-state index contributed by atoms with van der Waals surface area (Å²) < 4.78 is 1.92. The lowest BCUT2D eigenvalue weighted by Gasteiger charge is -2.40. The van der Waals surface area contributed by atoms with Crippen molar-refractivity contribution in [1.82, 2.24) is 14.7 Å². The van der Waals surface area contributed by atoms with Crippen molar-refractivity contribution in [2.75, 3.05) is 13.1 Å². The van der Waals surface area contributed by atoms with Gasteiger partial charge in [-0.2, -0.15) is 5.10 Å². The van der Waals surface area contributed by atoms with Crippen LogP contribution in [0.3, 0.4) is 0 Å². The molecule has 2 aromatic rings. The van der Waals surface area contributed by atoms with Gasteiger partial charge in [-0.3, -0.25) is 14.4 Å². The highest BCUT2D eigenvalue weighted by atomic mass is 16.4. The van der Waals surface area contributed by atoms with Crippen LogP contribution < -0.4 is 5.73 Å². The minimum Gasteiger partial charge on any atom is -0.480 e. The molecule has 2 heterocycles. The van der Waals surface area contributed by atoms with Crippen LogP contribution in [0.2, 0.25) is 6.32 Å². The normalized spacial score (nSPS) is 17.8. The van der Waals surface area contributed by atoms with E-state index < -0.39 is 11.5 Å². The van der Waals surface area contributed by atoms with E-state index in [1.807, 2.05) is 16.9 Å². The van der Waals surface area contributed by atoms with Crippen molar-refractivity contribution < 1.29 is 9.90 Å². The first-order valence-corrected chi connectivity index (χ1v) is 10.5. The van der Waals surface area contributed by atoms with Crippen molar-refractivity contribution in [1.29, 1.82) is 0 Å². The van der Waals surface area contributed by atoms with E-state index in [4.69, 9.17) is 13.6 Å². The fourth-order valence-corrected chi connectivity index (χ4v) is 4.32. The summed E-state index contributed by atoms with van der Waals surface area (Å²) in [5.74, 6) is -0.862. The largest absolute Gasteiger partial charge is 0.480 e. The zero-order valence-corrected chi connectivity index (χ0v) is 17.0. The Labute approximate surface area is 174 Å². The molecule has 7 heteroatoms. The lowest BCUT2D eigenvalue weighted by atomic mass is 9.75. The van der Waals surface area contributed by atoms with Crippen LogP contribution in [0.1, 0.15) is 43.2 Å². The Balaban J connectivity index is 1.54. The maximum atomic E-state index is 11.9. The van der Waals surface area contributed by atoms with E-state index in [0.29, 0.717) is 12.7 Å². The summed E-state index contributed by atoms with van der Waals surface area (Å²) >= 11 is 0. The Bertz CT molecular complexity index is 775. The molecule has 0 spiro atoms. The van der Waals surface area contributed by atoms with Gasteiger partial charge in [-0.15, -0.1) is 0 Å². The van der Waals surface area contributed by atoms with Crippen LogP contribution in [0.25, 0.3) is 0 Å². The van der Waals surface area contributed by atoms with Gasteiger partial charge in [0.25, 0.3) is 0 Å². The number of carbonyl (C=O) groups is 1. The van der Waals surface area contributed by atoms with Crippen molar-refractivity contribution in [3.05, 3.63) is 53.9 Å². The van der Waals surface area contributed by atoms with Crippen molar-refractivity contribution >= 4 is 13.8 Å². The van der Waals surface area contributed by atoms with Gasteiger partial charge in [-0.1, -0.05) is 43.4 Å². The van der Waals surface area contributed by atoms with E-state index in [9.17, 15) is 9.90 Å². The number of hydrogen-bond acceptors (Lipinski definition) is 4. The topological polar surface area (TPSA) is 84.4 Å². The molecule has 6 nitrogen and oxygen atoms in total. The Kier molecular flexibility index (Phi) is 7.50. The first-order chi connectivity index (χ1) is 14.0. The first-order valence-electron chi connectivity index (χ1n) is 10.5. The van der Waals surface area contributed by atoms with Crippen molar-refractivity contribution in [2.24, 2.45) is 11.7 Å². The first kappa shape index (κ1) is 21.6. The second-order valence-corrected chi connectivity index (χ2v) is 8.17. The third-order valence-electron chi connectivity index (χ3n) is 6.06. The van der Waals surface area contributed by atoms with Gasteiger partial charge in [0, 0.05) is 18.9 Å². The predicted octanol–water partition coefficient (Wildman–Crippen LogP) is 2.68. The van der Waals surface area contributed by atoms with Gasteiger partial charge in [0.2, 0.25) is 0 Å². The van der Waals surface area contributed by atoms with Gasteiger partial charge in [-0.25, -0.2) is 0 Å². The number of benzene rings is 1. The Morgan fingerprint density at radius 2 is 1.93 bits per heavy atom. The number of unbranched alkanes of at least 4 members (excludes halogenated alkanes) is 1. The zero-order chi connectivity index (χ0) is 20.7. The molecule has 0 amide bonds. The molecule has 2 radical (unpaired) electrons. The fourth-order valence-electron chi connectivity index (χ4n) is 4.32. The summed E-state index contributed by atoms with van der Waals surface area (Å²) in [6, 6.07) is 10.5. The van der Waals surface area contributed by atoms with Crippen LogP contribution in [0.4, 0.5) is 0 Å². The number of nitrogens with zero attached hydrogens (tertiary/aromatic N) is 3. The zero-order valence-electron chi connectivity index (χ0n) is 17.0. The number of rotatable bonds is 10. The fraction of sp³-hybridized carbons (Fsp3) is 0.545. The SMILES string of the molecule is [B]CCCCC(N)(C(=O)O)C1CCN(Cc2cccc(Cn3cccn3)c2)CC1. The van der Waals surface area contributed by atoms with E-state index in [-0.39, 0.29) is 5.92 Å². The van der Waals surface area contributed by atoms with Gasteiger partial charge < -0.3 is 10.8 Å². The molecule has 1 aliphatic heterocycles. The molecule has 3 rings (SSSR count). The molecule has 0 aliphatic carbocycles. The molecule has 1 unspecified atom stereocenters. The third kappa shape index (κ3) is 5.70. The molecular formula is C22H31BN4O2. The lowest BCUT2D eigenvalue weighted by Crippen LogP contribution is -2.56. The number of hydrogen-bond donors (Lipinski definition) is 2. The molecule has 1 aliphatic rings. The average Bonchev–Trinajstić information content (AvgIpc) is 3.22. The number of nitrogens with two attached hydrogens (primary N) is 1. The van der Waals surface area contributed by atoms with Gasteiger partial charge >= 0.3 is 5.97 Å². The van der Waals surface area contributed by atoms with Gasteiger partial charge in [0.1, 0.15) is 5.54 Å². The number of aromatic nitrogens is 2. The number of carboxylic acid groups (broad SMARTS) is 1. The van der Waals surface area contributed by atoms with Crippen LogP contribution in [-0.2, 0) is 17.9 Å². The van der Waals surface area contributed by atoms with Gasteiger partial charge in [0.15, 0.2) is 0 Å². The van der Waals surface area contributed by atoms with E-state index in [1.54, 1.807) is 6.20 Å². The van der Waals surface area contributed by atoms with Gasteiger partial charge in [0.05, 0.1) is 14.4 Å². The highest BCUT2D eigenvalue weighted by molar-refractivity contribution is 6.08. The average molecular weight is 394 g/mol. The summed E-state index contributed by atoms with van der Waals surface area (Å²) in [5, 5.41) is 14.0. The minimum absolute atomic E-state index is 0.0141. The minimum atomic E-state index is -1.13. The summed E-state index contributed by atoms with van der Waals surface area (Å²) in [6.45, 7) is 3.38. The summed E-state index contributed by atoms with van der Waals surface area (Å²) in [6.07, 6.45) is 8.05. The number of aliphatic carboxylic acids is 1. The maximum absolute atomic E-state index is 11.9. The highest BCUT2D eigenvalue weighted by Gasteiger charge is 2.42. The summed E-state index contributed by atoms with van der Waals surface area (Å²) in [7, 11) is 5.55. The maximum Gasteiger partial charge on any atom is 0.323 e. The molecular weight excluding hydrogens is 363 g/mol. The molecule has 1 aromatic heterocycles. The second-order valence-electron chi connectivity index (χ2n) is 8.17. The number of likely N-dealkylation sites (tertiary alicyclic amines) is 1. The van der Waals surface area contributed by atoms with Crippen LogP contribution >= 0.6 is 0 Å². The van der Waals surface area contributed by atoms with Crippen LogP contribution in [0, 0.1) is 5.92 Å². The summed E-state index contributed by atoms with van der Waals surface area (Å²) in [4.78, 5) is 14.3. The van der Waals surface area contributed by atoms with Gasteiger partial charge in [-0.05, 0) is 55.5 Å². The van der Waals surface area contributed by atoms with Crippen LogP contribution in [0.15, 0.2) is 42.7 Å². The molecule has 29 heavy (non-hydrogen) atoms. The molecule has 1 saturated heterocycles. The predicted molar refractivity (Wildman–Crippen MR) is 115 cm³/mol. The Morgan fingerprint density at radius 3 is 2.55 bits per heavy atom. The molecule has 0 bridgehead atoms. The monoisotopic (exact) mass is 394 g/mol. The second kappa shape index (κ2) is 10.1. The molecule has 154 valence electrons. The molecule has 0 saturated carbocycles. The Morgan fingerprint density at radius 1 is 1.21 bits per heavy atom.